The van der Waals surface area contributed by atoms with Gasteiger partial charge in [0, 0.05) is 18.7 Å². The van der Waals surface area contributed by atoms with Crippen LogP contribution in [0, 0.1) is 12.8 Å². The van der Waals surface area contributed by atoms with Crippen molar-refractivity contribution in [2.24, 2.45) is 5.92 Å². The van der Waals surface area contributed by atoms with Gasteiger partial charge < -0.3 is 15.4 Å². The van der Waals surface area contributed by atoms with Crippen LogP contribution in [0.1, 0.15) is 25.0 Å². The third-order valence-corrected chi connectivity index (χ3v) is 2.95. The van der Waals surface area contributed by atoms with Crippen molar-refractivity contribution < 1.29 is 9.53 Å². The van der Waals surface area contributed by atoms with E-state index in [0.29, 0.717) is 12.5 Å². The highest BCUT2D eigenvalue weighted by atomic mass is 16.5. The topological polar surface area (TPSA) is 50.4 Å². The van der Waals surface area contributed by atoms with E-state index < -0.39 is 0 Å². The van der Waals surface area contributed by atoms with Gasteiger partial charge >= 0.3 is 0 Å². The molecule has 4 nitrogen and oxygen atoms in total. The first-order valence-electron chi connectivity index (χ1n) is 7.34. The van der Waals surface area contributed by atoms with E-state index in [2.05, 4.69) is 31.1 Å². The Morgan fingerprint density at radius 1 is 1.43 bits per heavy atom. The SMILES string of the molecule is C=CCNC(=O)COc1c(C)cccc1CNCC(C)C. The van der Waals surface area contributed by atoms with Crippen LogP contribution < -0.4 is 15.4 Å². The first kappa shape index (κ1) is 17.2. The molecule has 4 heteroatoms. The quantitative estimate of drug-likeness (QED) is 0.687. The lowest BCUT2D eigenvalue weighted by molar-refractivity contribution is -0.122. The van der Waals surface area contributed by atoms with Gasteiger partial charge in [0.2, 0.25) is 0 Å². The van der Waals surface area contributed by atoms with E-state index in [4.69, 9.17) is 4.74 Å². The second kappa shape index (κ2) is 9.19. The number of hydrogen-bond donors (Lipinski definition) is 2. The lowest BCUT2D eigenvalue weighted by Crippen LogP contribution is -2.29. The highest BCUT2D eigenvalue weighted by Gasteiger charge is 2.09. The fourth-order valence-corrected chi connectivity index (χ4v) is 1.93. The average molecular weight is 290 g/mol. The number of carbonyl (C=O) groups excluding carboxylic acids is 1. The smallest absolute Gasteiger partial charge is 0.258 e. The van der Waals surface area contributed by atoms with Crippen molar-refractivity contribution in [3.63, 3.8) is 0 Å². The van der Waals surface area contributed by atoms with Crippen LogP contribution in [0.15, 0.2) is 30.9 Å². The van der Waals surface area contributed by atoms with Gasteiger partial charge in [0.05, 0.1) is 0 Å². The fraction of sp³-hybridized carbons (Fsp3) is 0.471. The molecular weight excluding hydrogens is 264 g/mol. The third kappa shape index (κ3) is 6.45. The Balaban J connectivity index is 2.62. The molecule has 0 saturated heterocycles. The van der Waals surface area contributed by atoms with Gasteiger partial charge in [0.25, 0.3) is 5.91 Å². The maximum absolute atomic E-state index is 11.6. The monoisotopic (exact) mass is 290 g/mol. The normalized spacial score (nSPS) is 10.5. The minimum absolute atomic E-state index is 0.0237. The first-order valence-corrected chi connectivity index (χ1v) is 7.34. The van der Waals surface area contributed by atoms with Crippen LogP contribution in [0.3, 0.4) is 0 Å². The van der Waals surface area contributed by atoms with Crippen molar-refractivity contribution in [3.8, 4) is 5.75 Å². The van der Waals surface area contributed by atoms with Crippen molar-refractivity contribution in [2.75, 3.05) is 19.7 Å². The predicted molar refractivity (Wildman–Crippen MR) is 86.4 cm³/mol. The van der Waals surface area contributed by atoms with Gasteiger partial charge in [-0.05, 0) is 24.9 Å². The summed E-state index contributed by atoms with van der Waals surface area (Å²) in [7, 11) is 0. The minimum Gasteiger partial charge on any atom is -0.483 e. The zero-order valence-electron chi connectivity index (χ0n) is 13.2. The Labute approximate surface area is 127 Å². The Bertz CT molecular complexity index is 470. The van der Waals surface area contributed by atoms with E-state index in [-0.39, 0.29) is 12.5 Å². The molecule has 0 fully saturated rings. The van der Waals surface area contributed by atoms with Crippen molar-refractivity contribution in [1.82, 2.24) is 10.6 Å². The van der Waals surface area contributed by atoms with E-state index in [9.17, 15) is 4.79 Å². The standard InChI is InChI=1S/C17H26N2O2/c1-5-9-19-16(20)12-21-17-14(4)7-6-8-15(17)11-18-10-13(2)3/h5-8,13,18H,1,9-12H2,2-4H3,(H,19,20). The van der Waals surface area contributed by atoms with E-state index in [1.807, 2.05) is 25.1 Å². The van der Waals surface area contributed by atoms with Crippen LogP contribution >= 0.6 is 0 Å². The second-order valence-corrected chi connectivity index (χ2v) is 5.47. The molecule has 0 aliphatic heterocycles. The summed E-state index contributed by atoms with van der Waals surface area (Å²) in [6, 6.07) is 6.02. The summed E-state index contributed by atoms with van der Waals surface area (Å²) < 4.78 is 5.70. The molecule has 2 N–H and O–H groups in total. The molecule has 0 aromatic heterocycles. The summed E-state index contributed by atoms with van der Waals surface area (Å²) in [6.45, 7) is 12.1. The highest BCUT2D eigenvalue weighted by molar-refractivity contribution is 5.77. The van der Waals surface area contributed by atoms with Crippen LogP contribution in [0.2, 0.25) is 0 Å². The van der Waals surface area contributed by atoms with E-state index >= 15 is 0 Å². The highest BCUT2D eigenvalue weighted by Crippen LogP contribution is 2.23. The number of para-hydroxylation sites is 1. The van der Waals surface area contributed by atoms with E-state index in [1.54, 1.807) is 6.08 Å². The van der Waals surface area contributed by atoms with Crippen LogP contribution in [0.4, 0.5) is 0 Å². The Morgan fingerprint density at radius 2 is 2.19 bits per heavy atom. The van der Waals surface area contributed by atoms with Crippen LogP contribution in [0.5, 0.6) is 5.75 Å². The molecular formula is C17H26N2O2. The van der Waals surface area contributed by atoms with Gasteiger partial charge in [-0.1, -0.05) is 38.1 Å². The Kier molecular flexibility index (Phi) is 7.54. The van der Waals surface area contributed by atoms with Crippen molar-refractivity contribution in [2.45, 2.75) is 27.3 Å². The molecule has 21 heavy (non-hydrogen) atoms. The number of aryl methyl sites for hydroxylation is 1. The molecule has 1 aromatic carbocycles. The van der Waals surface area contributed by atoms with Gasteiger partial charge in [0.15, 0.2) is 6.61 Å². The summed E-state index contributed by atoms with van der Waals surface area (Å²) >= 11 is 0. The minimum atomic E-state index is -0.140. The summed E-state index contributed by atoms with van der Waals surface area (Å²) in [4.78, 5) is 11.6. The Morgan fingerprint density at radius 3 is 2.86 bits per heavy atom. The second-order valence-electron chi connectivity index (χ2n) is 5.47. The number of amides is 1. The summed E-state index contributed by atoms with van der Waals surface area (Å²) in [5, 5.41) is 6.10. The summed E-state index contributed by atoms with van der Waals surface area (Å²) in [5.74, 6) is 1.26. The van der Waals surface area contributed by atoms with E-state index in [1.165, 1.54) is 0 Å². The van der Waals surface area contributed by atoms with Gasteiger partial charge in [-0.25, -0.2) is 0 Å². The number of benzene rings is 1. The molecule has 0 radical (unpaired) electrons. The molecule has 0 atom stereocenters. The largest absolute Gasteiger partial charge is 0.483 e. The molecule has 0 bridgehead atoms. The van der Waals surface area contributed by atoms with Crippen LogP contribution in [-0.4, -0.2) is 25.6 Å². The van der Waals surface area contributed by atoms with Gasteiger partial charge in [-0.3, -0.25) is 4.79 Å². The number of hydrogen-bond acceptors (Lipinski definition) is 3. The maximum Gasteiger partial charge on any atom is 0.258 e. The summed E-state index contributed by atoms with van der Waals surface area (Å²) in [6.07, 6.45) is 1.65. The lowest BCUT2D eigenvalue weighted by Gasteiger charge is -2.15. The number of carbonyl (C=O) groups is 1. The summed E-state index contributed by atoms with van der Waals surface area (Å²) in [5.41, 5.74) is 2.11. The first-order chi connectivity index (χ1) is 10.0. The molecule has 0 heterocycles. The van der Waals surface area contributed by atoms with Crippen molar-refractivity contribution in [1.29, 1.82) is 0 Å². The molecule has 0 unspecified atom stereocenters. The number of nitrogens with one attached hydrogen (secondary N) is 2. The molecule has 116 valence electrons. The molecule has 1 rings (SSSR count). The van der Waals surface area contributed by atoms with Crippen LogP contribution in [-0.2, 0) is 11.3 Å². The van der Waals surface area contributed by atoms with Crippen LogP contribution in [0.25, 0.3) is 0 Å². The third-order valence-electron chi connectivity index (χ3n) is 2.95. The van der Waals surface area contributed by atoms with Crippen molar-refractivity contribution in [3.05, 3.63) is 42.0 Å². The Hall–Kier alpha value is -1.81. The molecule has 1 aromatic rings. The molecule has 0 aliphatic rings. The van der Waals surface area contributed by atoms with Gasteiger partial charge in [-0.15, -0.1) is 6.58 Å². The molecule has 0 aliphatic carbocycles. The lowest BCUT2D eigenvalue weighted by atomic mass is 10.1. The zero-order chi connectivity index (χ0) is 15.7. The van der Waals surface area contributed by atoms with E-state index in [0.717, 1.165) is 30.0 Å². The molecule has 1 amide bonds. The fourth-order valence-electron chi connectivity index (χ4n) is 1.93. The molecule has 0 spiro atoms. The van der Waals surface area contributed by atoms with Crippen molar-refractivity contribution >= 4 is 5.91 Å². The number of rotatable bonds is 9. The average Bonchev–Trinajstić information content (AvgIpc) is 2.44. The predicted octanol–water partition coefficient (Wildman–Crippen LogP) is 2.42. The molecule has 0 saturated carbocycles. The maximum atomic E-state index is 11.6. The zero-order valence-corrected chi connectivity index (χ0v) is 13.2. The number of ether oxygens (including phenoxy) is 1. The van der Waals surface area contributed by atoms with Gasteiger partial charge in [-0.2, -0.15) is 0 Å². The van der Waals surface area contributed by atoms with Gasteiger partial charge in [0.1, 0.15) is 5.75 Å².